The lowest BCUT2D eigenvalue weighted by Crippen LogP contribution is -2.24. The van der Waals surface area contributed by atoms with E-state index in [0.29, 0.717) is 36.6 Å². The maximum absolute atomic E-state index is 12.3. The van der Waals surface area contributed by atoms with Gasteiger partial charge in [-0.3, -0.25) is 4.79 Å². The lowest BCUT2D eigenvalue weighted by molar-refractivity contribution is -0.123. The number of carbonyl (C=O) groups excluding carboxylic acids is 2. The molecule has 0 aliphatic heterocycles. The molecule has 0 fully saturated rings. The number of nitrogens with zero attached hydrogens (tertiary/aromatic N) is 1. The largest absolute Gasteiger partial charge is 0.483 e. The fourth-order valence-electron chi connectivity index (χ4n) is 2.39. The van der Waals surface area contributed by atoms with Crippen LogP contribution in [0.3, 0.4) is 0 Å². The second-order valence-electron chi connectivity index (χ2n) is 6.10. The second-order valence-corrected chi connectivity index (χ2v) is 8.24. The third-order valence-corrected chi connectivity index (χ3v) is 5.36. The van der Waals surface area contributed by atoms with Crippen molar-refractivity contribution in [3.05, 3.63) is 91.8 Å². The van der Waals surface area contributed by atoms with E-state index in [9.17, 15) is 9.59 Å². The average molecular weight is 567 g/mol. The molecular weight excluding hydrogens is 552 g/mol. The molecule has 0 saturated carbocycles. The summed E-state index contributed by atoms with van der Waals surface area (Å²) in [6.45, 7) is -0.221. The molecule has 0 unspecified atom stereocenters. The maximum atomic E-state index is 12.3. The first-order chi connectivity index (χ1) is 14.9. The number of hydrogen-bond donors (Lipinski definition) is 1. The Bertz CT molecular complexity index is 1140. The summed E-state index contributed by atoms with van der Waals surface area (Å²) in [7, 11) is 0. The van der Waals surface area contributed by atoms with Gasteiger partial charge in [-0.15, -0.1) is 0 Å². The van der Waals surface area contributed by atoms with Crippen molar-refractivity contribution >= 4 is 61.6 Å². The molecule has 6 nitrogen and oxygen atoms in total. The summed E-state index contributed by atoms with van der Waals surface area (Å²) in [6.07, 6.45) is 1.44. The molecular formula is C22H15Br2ClN2O4. The van der Waals surface area contributed by atoms with Gasteiger partial charge in [0, 0.05) is 9.50 Å². The van der Waals surface area contributed by atoms with Crippen LogP contribution in [0, 0.1) is 0 Å². The highest BCUT2D eigenvalue weighted by molar-refractivity contribution is 9.10. The van der Waals surface area contributed by atoms with Crippen molar-refractivity contribution in [2.75, 3.05) is 6.61 Å². The molecule has 3 aromatic carbocycles. The zero-order valence-corrected chi connectivity index (χ0v) is 19.8. The molecule has 9 heteroatoms. The standard InChI is InChI=1S/C22H15Br2ClN2O4/c23-18-7-2-1-6-17(18)22(29)31-16-5-3-4-14(10-16)12-26-27-21(28)13-30-20-9-8-15(25)11-19(20)24/h1-12H,13H2,(H,27,28)/b26-12-. The van der Waals surface area contributed by atoms with E-state index in [-0.39, 0.29) is 6.61 Å². The molecule has 0 aliphatic rings. The van der Waals surface area contributed by atoms with Gasteiger partial charge in [0.2, 0.25) is 0 Å². The molecule has 0 aliphatic carbocycles. The van der Waals surface area contributed by atoms with E-state index in [4.69, 9.17) is 21.1 Å². The van der Waals surface area contributed by atoms with Gasteiger partial charge < -0.3 is 9.47 Å². The SMILES string of the molecule is O=C(COc1ccc(Cl)cc1Br)N/N=C\c1cccc(OC(=O)c2ccccc2Br)c1. The summed E-state index contributed by atoms with van der Waals surface area (Å²) in [5, 5.41) is 4.45. The molecule has 0 aromatic heterocycles. The van der Waals surface area contributed by atoms with Gasteiger partial charge in [0.25, 0.3) is 5.91 Å². The van der Waals surface area contributed by atoms with E-state index in [1.807, 2.05) is 6.07 Å². The summed E-state index contributed by atoms with van der Waals surface area (Å²) in [5.41, 5.74) is 3.43. The third kappa shape index (κ3) is 6.92. The van der Waals surface area contributed by atoms with Crippen LogP contribution in [0.15, 0.2) is 80.8 Å². The molecule has 1 N–H and O–H groups in total. The number of amides is 1. The number of rotatable bonds is 7. The number of carbonyl (C=O) groups is 2. The topological polar surface area (TPSA) is 77.0 Å². The minimum atomic E-state index is -0.486. The predicted molar refractivity (Wildman–Crippen MR) is 126 cm³/mol. The van der Waals surface area contributed by atoms with Crippen LogP contribution in [-0.2, 0) is 4.79 Å². The highest BCUT2D eigenvalue weighted by atomic mass is 79.9. The van der Waals surface area contributed by atoms with Crippen LogP contribution in [0.25, 0.3) is 0 Å². The fraction of sp³-hybridized carbons (Fsp3) is 0.0455. The number of hydrogen-bond acceptors (Lipinski definition) is 5. The summed E-state index contributed by atoms with van der Waals surface area (Å²) < 4.78 is 12.1. The smallest absolute Gasteiger partial charge is 0.344 e. The predicted octanol–water partition coefficient (Wildman–Crippen LogP) is 5.61. The number of halogens is 3. The van der Waals surface area contributed by atoms with Crippen LogP contribution in [0.5, 0.6) is 11.5 Å². The van der Waals surface area contributed by atoms with Crippen molar-refractivity contribution in [3.63, 3.8) is 0 Å². The van der Waals surface area contributed by atoms with Crippen LogP contribution in [0.4, 0.5) is 0 Å². The highest BCUT2D eigenvalue weighted by Gasteiger charge is 2.12. The first kappa shape index (κ1) is 23.0. The van der Waals surface area contributed by atoms with Crippen LogP contribution < -0.4 is 14.9 Å². The molecule has 31 heavy (non-hydrogen) atoms. The highest BCUT2D eigenvalue weighted by Crippen LogP contribution is 2.27. The van der Waals surface area contributed by atoms with Crippen molar-refractivity contribution in [1.29, 1.82) is 0 Å². The van der Waals surface area contributed by atoms with Crippen LogP contribution in [0.2, 0.25) is 5.02 Å². The maximum Gasteiger partial charge on any atom is 0.344 e. The quantitative estimate of drug-likeness (QED) is 0.175. The minimum Gasteiger partial charge on any atom is -0.483 e. The van der Waals surface area contributed by atoms with E-state index >= 15 is 0 Å². The molecule has 0 bridgehead atoms. The molecule has 3 rings (SSSR count). The van der Waals surface area contributed by atoms with Crippen molar-refractivity contribution in [2.45, 2.75) is 0 Å². The van der Waals surface area contributed by atoms with Gasteiger partial charge in [-0.05, 0) is 79.9 Å². The first-order valence-electron chi connectivity index (χ1n) is 8.89. The number of esters is 1. The summed E-state index contributed by atoms with van der Waals surface area (Å²) >= 11 is 12.5. The monoisotopic (exact) mass is 564 g/mol. The summed E-state index contributed by atoms with van der Waals surface area (Å²) in [5.74, 6) is -0.0787. The second kappa shape index (κ2) is 11.1. The van der Waals surface area contributed by atoms with Crippen molar-refractivity contribution in [1.82, 2.24) is 5.43 Å². The van der Waals surface area contributed by atoms with E-state index < -0.39 is 11.9 Å². The molecule has 0 saturated heterocycles. The van der Waals surface area contributed by atoms with Crippen LogP contribution in [-0.4, -0.2) is 24.7 Å². The number of benzene rings is 3. The lowest BCUT2D eigenvalue weighted by Gasteiger charge is -2.07. The van der Waals surface area contributed by atoms with E-state index in [1.54, 1.807) is 60.7 Å². The van der Waals surface area contributed by atoms with Crippen LogP contribution in [0.1, 0.15) is 15.9 Å². The molecule has 1 amide bonds. The zero-order chi connectivity index (χ0) is 22.2. The molecule has 0 atom stereocenters. The van der Waals surface area contributed by atoms with E-state index in [2.05, 4.69) is 42.4 Å². The molecule has 0 heterocycles. The van der Waals surface area contributed by atoms with Crippen LogP contribution >= 0.6 is 43.5 Å². The Morgan fingerprint density at radius 3 is 2.58 bits per heavy atom. The van der Waals surface area contributed by atoms with Gasteiger partial charge in [0.15, 0.2) is 6.61 Å². The van der Waals surface area contributed by atoms with Crippen molar-refractivity contribution < 1.29 is 19.1 Å². The molecule has 0 radical (unpaired) electrons. The average Bonchev–Trinajstić information content (AvgIpc) is 2.73. The number of nitrogens with one attached hydrogen (secondary N) is 1. The Hall–Kier alpha value is -2.68. The third-order valence-electron chi connectivity index (χ3n) is 3.82. The van der Waals surface area contributed by atoms with E-state index in [1.165, 1.54) is 6.21 Å². The number of ether oxygens (including phenoxy) is 2. The molecule has 0 spiro atoms. The normalized spacial score (nSPS) is 10.7. The summed E-state index contributed by atoms with van der Waals surface area (Å²) in [6, 6.07) is 18.7. The van der Waals surface area contributed by atoms with Gasteiger partial charge in [0.05, 0.1) is 16.3 Å². The Morgan fingerprint density at radius 2 is 1.81 bits per heavy atom. The van der Waals surface area contributed by atoms with Gasteiger partial charge in [-0.1, -0.05) is 35.9 Å². The summed E-state index contributed by atoms with van der Waals surface area (Å²) in [4.78, 5) is 24.2. The van der Waals surface area contributed by atoms with E-state index in [0.717, 1.165) is 0 Å². The Morgan fingerprint density at radius 1 is 1.00 bits per heavy atom. The lowest BCUT2D eigenvalue weighted by atomic mass is 10.2. The van der Waals surface area contributed by atoms with Crippen molar-refractivity contribution in [2.24, 2.45) is 5.10 Å². The Kier molecular flexibility index (Phi) is 8.22. The van der Waals surface area contributed by atoms with Gasteiger partial charge in [-0.2, -0.15) is 5.10 Å². The molecule has 3 aromatic rings. The Balaban J connectivity index is 1.53. The van der Waals surface area contributed by atoms with Gasteiger partial charge >= 0.3 is 5.97 Å². The van der Waals surface area contributed by atoms with Gasteiger partial charge in [-0.25, -0.2) is 10.2 Å². The number of hydrazone groups is 1. The first-order valence-corrected chi connectivity index (χ1v) is 10.9. The minimum absolute atomic E-state index is 0.221. The fourth-order valence-corrected chi connectivity index (χ4v) is 3.64. The zero-order valence-electron chi connectivity index (χ0n) is 15.8. The van der Waals surface area contributed by atoms with Gasteiger partial charge in [0.1, 0.15) is 11.5 Å². The van der Waals surface area contributed by atoms with Crippen molar-refractivity contribution in [3.8, 4) is 11.5 Å². The molecule has 158 valence electrons. The Labute approximate surface area is 200 Å².